The molecule has 0 heterocycles. The van der Waals surface area contributed by atoms with Gasteiger partial charge in [-0.05, 0) is 67.0 Å². The Hall–Kier alpha value is -3.10. The second kappa shape index (κ2) is 11.1. The van der Waals surface area contributed by atoms with Gasteiger partial charge in [-0.15, -0.1) is 0 Å². The molecule has 0 spiro atoms. The summed E-state index contributed by atoms with van der Waals surface area (Å²) in [6.07, 6.45) is 0.0333. The van der Waals surface area contributed by atoms with E-state index in [0.29, 0.717) is 6.42 Å². The van der Waals surface area contributed by atoms with Crippen LogP contribution in [0.25, 0.3) is 0 Å². The maximum atomic E-state index is 13.1. The molecule has 0 saturated heterocycles. The van der Waals surface area contributed by atoms with Crippen LogP contribution in [0.4, 0.5) is 13.2 Å². The Bertz CT molecular complexity index is 1060. The Morgan fingerprint density at radius 1 is 0.771 bits per heavy atom. The highest BCUT2D eigenvalue weighted by Crippen LogP contribution is 2.47. The standard InChI is InChI=1S/C30H31F3N2/c31-30(32,33)28-17-15-27(16-18-28)29(23-34,26-13-7-14-26)19-8-20-35(21-24-9-3-1-4-10-24)22-25-11-5-2-6-12-25/h1-6,9-12,15-18,26H,7-8,13-14,19-22H2. The second-order valence-electron chi connectivity index (χ2n) is 9.57. The summed E-state index contributed by atoms with van der Waals surface area (Å²) in [4.78, 5) is 2.39. The molecule has 0 amide bonds. The quantitative estimate of drug-likeness (QED) is 0.299. The van der Waals surface area contributed by atoms with Crippen molar-refractivity contribution in [3.63, 3.8) is 0 Å². The first kappa shape index (κ1) is 25.0. The van der Waals surface area contributed by atoms with Gasteiger partial charge in [0.15, 0.2) is 0 Å². The van der Waals surface area contributed by atoms with Crippen LogP contribution in [0.15, 0.2) is 84.9 Å². The maximum Gasteiger partial charge on any atom is 0.416 e. The summed E-state index contributed by atoms with van der Waals surface area (Å²) in [5.74, 6) is 0.195. The zero-order valence-electron chi connectivity index (χ0n) is 19.8. The first-order valence-electron chi connectivity index (χ1n) is 12.3. The molecule has 1 saturated carbocycles. The minimum absolute atomic E-state index is 0.195. The molecule has 182 valence electrons. The first-order chi connectivity index (χ1) is 16.9. The second-order valence-corrected chi connectivity index (χ2v) is 9.57. The summed E-state index contributed by atoms with van der Waals surface area (Å²) < 4.78 is 39.3. The van der Waals surface area contributed by atoms with Gasteiger partial charge in [-0.25, -0.2) is 0 Å². The Morgan fingerprint density at radius 2 is 1.29 bits per heavy atom. The van der Waals surface area contributed by atoms with Crippen molar-refractivity contribution in [1.82, 2.24) is 4.90 Å². The van der Waals surface area contributed by atoms with Crippen LogP contribution in [-0.4, -0.2) is 11.4 Å². The van der Waals surface area contributed by atoms with Crippen LogP contribution in [0.3, 0.4) is 0 Å². The number of benzene rings is 3. The molecule has 1 unspecified atom stereocenters. The minimum Gasteiger partial charge on any atom is -0.295 e. The summed E-state index contributed by atoms with van der Waals surface area (Å²) in [5, 5.41) is 10.3. The van der Waals surface area contributed by atoms with Gasteiger partial charge in [-0.1, -0.05) is 79.2 Å². The van der Waals surface area contributed by atoms with E-state index in [1.54, 1.807) is 0 Å². The number of alkyl halides is 3. The Labute approximate surface area is 206 Å². The molecular formula is C30H31F3N2. The average Bonchev–Trinajstić information content (AvgIpc) is 2.83. The fourth-order valence-electron chi connectivity index (χ4n) is 5.13. The van der Waals surface area contributed by atoms with Gasteiger partial charge in [-0.3, -0.25) is 4.90 Å². The molecule has 5 heteroatoms. The van der Waals surface area contributed by atoms with E-state index in [4.69, 9.17) is 0 Å². The fourth-order valence-corrected chi connectivity index (χ4v) is 5.13. The van der Waals surface area contributed by atoms with Crippen LogP contribution in [0.1, 0.15) is 54.4 Å². The molecule has 2 nitrogen and oxygen atoms in total. The lowest BCUT2D eigenvalue weighted by Crippen LogP contribution is -2.39. The minimum atomic E-state index is -4.38. The smallest absolute Gasteiger partial charge is 0.295 e. The summed E-state index contributed by atoms with van der Waals surface area (Å²) in [7, 11) is 0. The molecule has 1 fully saturated rings. The number of hydrogen-bond donors (Lipinski definition) is 0. The molecule has 35 heavy (non-hydrogen) atoms. The van der Waals surface area contributed by atoms with Gasteiger partial charge in [0.1, 0.15) is 0 Å². The summed E-state index contributed by atoms with van der Waals surface area (Å²) in [6, 6.07) is 28.5. The van der Waals surface area contributed by atoms with Crippen LogP contribution >= 0.6 is 0 Å². The molecule has 4 rings (SSSR count). The Kier molecular flexibility index (Phi) is 7.93. The molecule has 0 radical (unpaired) electrons. The van der Waals surface area contributed by atoms with E-state index in [1.165, 1.54) is 23.3 Å². The monoisotopic (exact) mass is 476 g/mol. The van der Waals surface area contributed by atoms with Crippen molar-refractivity contribution in [2.75, 3.05) is 6.54 Å². The topological polar surface area (TPSA) is 27.0 Å². The van der Waals surface area contributed by atoms with Crippen molar-refractivity contribution in [2.45, 2.75) is 56.8 Å². The Morgan fingerprint density at radius 3 is 1.71 bits per heavy atom. The lowest BCUT2D eigenvalue weighted by molar-refractivity contribution is -0.137. The molecule has 0 aromatic heterocycles. The van der Waals surface area contributed by atoms with Gasteiger partial charge >= 0.3 is 6.18 Å². The zero-order chi connectivity index (χ0) is 24.7. The third kappa shape index (κ3) is 6.13. The van der Waals surface area contributed by atoms with E-state index in [0.717, 1.165) is 63.0 Å². The summed E-state index contributed by atoms with van der Waals surface area (Å²) in [6.45, 7) is 2.42. The largest absolute Gasteiger partial charge is 0.416 e. The zero-order valence-corrected chi connectivity index (χ0v) is 19.8. The molecule has 3 aromatic carbocycles. The average molecular weight is 477 g/mol. The van der Waals surface area contributed by atoms with Gasteiger partial charge in [0, 0.05) is 13.1 Å². The molecule has 0 aliphatic heterocycles. The Balaban J connectivity index is 1.51. The third-order valence-corrected chi connectivity index (χ3v) is 7.27. The van der Waals surface area contributed by atoms with Crippen molar-refractivity contribution in [3.05, 3.63) is 107 Å². The number of hydrogen-bond acceptors (Lipinski definition) is 2. The molecule has 1 aliphatic rings. The molecule has 0 N–H and O–H groups in total. The van der Waals surface area contributed by atoms with E-state index in [1.807, 2.05) is 36.4 Å². The third-order valence-electron chi connectivity index (χ3n) is 7.27. The highest BCUT2D eigenvalue weighted by molar-refractivity contribution is 5.37. The van der Waals surface area contributed by atoms with Gasteiger partial charge in [0.25, 0.3) is 0 Å². The van der Waals surface area contributed by atoms with Crippen LogP contribution in [-0.2, 0) is 24.7 Å². The lowest BCUT2D eigenvalue weighted by Gasteiger charge is -2.41. The fraction of sp³-hybridized carbons (Fsp3) is 0.367. The van der Waals surface area contributed by atoms with Crippen molar-refractivity contribution in [1.29, 1.82) is 5.26 Å². The number of nitrogens with zero attached hydrogens (tertiary/aromatic N) is 2. The van der Waals surface area contributed by atoms with Crippen molar-refractivity contribution < 1.29 is 13.2 Å². The van der Waals surface area contributed by atoms with E-state index >= 15 is 0 Å². The predicted octanol–water partition coefficient (Wildman–Crippen LogP) is 7.75. The normalized spacial score (nSPS) is 15.9. The summed E-state index contributed by atoms with van der Waals surface area (Å²) >= 11 is 0. The molecule has 0 bridgehead atoms. The van der Waals surface area contributed by atoms with Gasteiger partial charge in [-0.2, -0.15) is 18.4 Å². The van der Waals surface area contributed by atoms with E-state index in [-0.39, 0.29) is 5.92 Å². The summed E-state index contributed by atoms with van der Waals surface area (Å²) in [5.41, 5.74) is 1.77. The highest BCUT2D eigenvalue weighted by atomic mass is 19.4. The van der Waals surface area contributed by atoms with Gasteiger partial charge < -0.3 is 0 Å². The molecular weight excluding hydrogens is 445 g/mol. The van der Waals surface area contributed by atoms with Gasteiger partial charge in [0.2, 0.25) is 0 Å². The molecule has 3 aromatic rings. The number of halogens is 3. The SMILES string of the molecule is N#CC(CCCN(Cc1ccccc1)Cc1ccccc1)(c1ccc(C(F)(F)F)cc1)C1CCC1. The van der Waals surface area contributed by atoms with Crippen molar-refractivity contribution in [2.24, 2.45) is 5.92 Å². The van der Waals surface area contributed by atoms with E-state index in [2.05, 4.69) is 35.2 Å². The first-order valence-corrected chi connectivity index (χ1v) is 12.3. The van der Waals surface area contributed by atoms with Crippen LogP contribution in [0.2, 0.25) is 0 Å². The van der Waals surface area contributed by atoms with Crippen molar-refractivity contribution >= 4 is 0 Å². The van der Waals surface area contributed by atoms with Crippen LogP contribution in [0, 0.1) is 17.2 Å². The lowest BCUT2D eigenvalue weighted by atomic mass is 9.60. The number of nitriles is 1. The predicted molar refractivity (Wildman–Crippen MR) is 132 cm³/mol. The van der Waals surface area contributed by atoms with Gasteiger partial charge in [0.05, 0.1) is 17.0 Å². The molecule has 1 aliphatic carbocycles. The van der Waals surface area contributed by atoms with Crippen LogP contribution in [0.5, 0.6) is 0 Å². The van der Waals surface area contributed by atoms with Crippen molar-refractivity contribution in [3.8, 4) is 6.07 Å². The van der Waals surface area contributed by atoms with E-state index < -0.39 is 17.2 Å². The number of rotatable bonds is 10. The van der Waals surface area contributed by atoms with E-state index in [9.17, 15) is 18.4 Å². The highest BCUT2D eigenvalue weighted by Gasteiger charge is 2.43. The molecule has 1 atom stereocenters. The van der Waals surface area contributed by atoms with Crippen LogP contribution < -0.4 is 0 Å². The maximum absolute atomic E-state index is 13.1.